The molecule has 7 heteroatoms. The molecule has 0 N–H and O–H groups in total. The standard InChI is InChI=1S/C21H20ClFN2O2S/c1-4-24-17-10-9-15(23)11-16(17)21(19(24)27)25(12-20(2,3)28-21)18(26)13-5-7-14(22)8-6-13/h5-11H,4,12H2,1-3H3. The molecule has 2 aliphatic heterocycles. The fourth-order valence-electron chi connectivity index (χ4n) is 4.04. The Morgan fingerprint density at radius 2 is 1.89 bits per heavy atom. The van der Waals surface area contributed by atoms with E-state index in [0.717, 1.165) is 0 Å². The van der Waals surface area contributed by atoms with E-state index in [0.29, 0.717) is 34.9 Å². The van der Waals surface area contributed by atoms with Crippen LogP contribution in [0.2, 0.25) is 5.02 Å². The average Bonchev–Trinajstić information content (AvgIpc) is 3.07. The van der Waals surface area contributed by atoms with Crippen molar-refractivity contribution in [3.8, 4) is 0 Å². The molecule has 1 fully saturated rings. The highest BCUT2D eigenvalue weighted by Crippen LogP contribution is 2.59. The largest absolute Gasteiger partial charge is 0.310 e. The fraction of sp³-hybridized carbons (Fsp3) is 0.333. The van der Waals surface area contributed by atoms with Gasteiger partial charge in [-0.25, -0.2) is 4.39 Å². The Labute approximate surface area is 172 Å². The molecule has 0 aromatic heterocycles. The summed E-state index contributed by atoms with van der Waals surface area (Å²) in [5.41, 5.74) is 1.65. The predicted octanol–water partition coefficient (Wildman–Crippen LogP) is 4.67. The van der Waals surface area contributed by atoms with E-state index in [1.165, 1.54) is 23.9 Å². The lowest BCUT2D eigenvalue weighted by molar-refractivity contribution is -0.123. The smallest absolute Gasteiger partial charge is 0.268 e. The van der Waals surface area contributed by atoms with Crippen molar-refractivity contribution in [2.45, 2.75) is 30.4 Å². The van der Waals surface area contributed by atoms with Gasteiger partial charge in [-0.1, -0.05) is 11.6 Å². The van der Waals surface area contributed by atoms with Crippen molar-refractivity contribution in [3.05, 3.63) is 64.4 Å². The van der Waals surface area contributed by atoms with Crippen LogP contribution in [0.1, 0.15) is 36.7 Å². The normalized spacial score (nSPS) is 22.8. The van der Waals surface area contributed by atoms with Crippen LogP contribution >= 0.6 is 23.4 Å². The van der Waals surface area contributed by atoms with Crippen LogP contribution in [0, 0.1) is 5.82 Å². The van der Waals surface area contributed by atoms with Crippen molar-refractivity contribution in [1.29, 1.82) is 0 Å². The Bertz CT molecular complexity index is 979. The molecular weight excluding hydrogens is 399 g/mol. The van der Waals surface area contributed by atoms with E-state index in [2.05, 4.69) is 0 Å². The van der Waals surface area contributed by atoms with Gasteiger partial charge < -0.3 is 9.80 Å². The summed E-state index contributed by atoms with van der Waals surface area (Å²) in [4.78, 5) is 29.0. The van der Waals surface area contributed by atoms with Crippen molar-refractivity contribution < 1.29 is 14.0 Å². The summed E-state index contributed by atoms with van der Waals surface area (Å²) < 4.78 is 13.8. The van der Waals surface area contributed by atoms with Gasteiger partial charge in [-0.2, -0.15) is 0 Å². The maximum absolute atomic E-state index is 14.2. The molecule has 1 atom stereocenters. The topological polar surface area (TPSA) is 40.6 Å². The predicted molar refractivity (Wildman–Crippen MR) is 110 cm³/mol. The molecule has 0 saturated carbocycles. The van der Waals surface area contributed by atoms with E-state index in [9.17, 15) is 14.0 Å². The summed E-state index contributed by atoms with van der Waals surface area (Å²) in [6.07, 6.45) is 0. The van der Waals surface area contributed by atoms with Crippen molar-refractivity contribution in [3.63, 3.8) is 0 Å². The summed E-state index contributed by atoms with van der Waals surface area (Å²) in [6.45, 7) is 6.69. The highest BCUT2D eigenvalue weighted by molar-refractivity contribution is 8.02. The number of likely N-dealkylation sites (N-methyl/N-ethyl adjacent to an activating group) is 1. The molecule has 2 heterocycles. The zero-order valence-corrected chi connectivity index (χ0v) is 17.4. The summed E-state index contributed by atoms with van der Waals surface area (Å²) in [7, 11) is 0. The third kappa shape index (κ3) is 2.73. The fourth-order valence-corrected chi connectivity index (χ4v) is 5.89. The number of carbonyl (C=O) groups excluding carboxylic acids is 2. The first-order valence-corrected chi connectivity index (χ1v) is 10.3. The molecule has 2 aliphatic rings. The third-order valence-corrected chi connectivity index (χ3v) is 6.99. The average molecular weight is 419 g/mol. The van der Waals surface area contributed by atoms with E-state index < -0.39 is 10.7 Å². The van der Waals surface area contributed by atoms with Gasteiger partial charge >= 0.3 is 0 Å². The van der Waals surface area contributed by atoms with Crippen LogP contribution in [0.15, 0.2) is 42.5 Å². The Balaban J connectivity index is 1.90. The van der Waals surface area contributed by atoms with Gasteiger partial charge in [0.05, 0.1) is 5.69 Å². The minimum absolute atomic E-state index is 0.200. The summed E-state index contributed by atoms with van der Waals surface area (Å²) in [5.74, 6) is -0.891. The number of halogens is 2. The number of carbonyl (C=O) groups is 2. The molecule has 4 rings (SSSR count). The third-order valence-electron chi connectivity index (χ3n) is 5.15. The van der Waals surface area contributed by atoms with Gasteiger partial charge in [0.25, 0.3) is 11.8 Å². The van der Waals surface area contributed by atoms with Crippen LogP contribution in [0.25, 0.3) is 0 Å². The Kier molecular flexibility index (Phi) is 4.47. The number of benzene rings is 2. The van der Waals surface area contributed by atoms with E-state index >= 15 is 0 Å². The van der Waals surface area contributed by atoms with E-state index in [1.54, 1.807) is 40.1 Å². The molecule has 0 bridgehead atoms. The van der Waals surface area contributed by atoms with Crippen molar-refractivity contribution in [1.82, 2.24) is 4.90 Å². The number of amides is 2. The van der Waals surface area contributed by atoms with Crippen molar-refractivity contribution in [2.75, 3.05) is 18.0 Å². The highest BCUT2D eigenvalue weighted by atomic mass is 35.5. The van der Waals surface area contributed by atoms with Crippen LogP contribution in [-0.4, -0.2) is 34.6 Å². The number of hydrogen-bond acceptors (Lipinski definition) is 3. The maximum atomic E-state index is 14.2. The highest BCUT2D eigenvalue weighted by Gasteiger charge is 2.63. The quantitative estimate of drug-likeness (QED) is 0.711. The first-order valence-electron chi connectivity index (χ1n) is 9.09. The Morgan fingerprint density at radius 1 is 1.21 bits per heavy atom. The Hall–Kier alpha value is -2.05. The van der Waals surface area contributed by atoms with E-state index in [1.807, 2.05) is 20.8 Å². The zero-order chi connectivity index (χ0) is 20.3. The van der Waals surface area contributed by atoms with Crippen LogP contribution in [0.3, 0.4) is 0 Å². The molecule has 1 unspecified atom stereocenters. The number of hydrogen-bond donors (Lipinski definition) is 0. The van der Waals surface area contributed by atoms with Crippen LogP contribution in [0.5, 0.6) is 0 Å². The van der Waals surface area contributed by atoms with Gasteiger partial charge in [0.2, 0.25) is 0 Å². The lowest BCUT2D eigenvalue weighted by Gasteiger charge is -2.33. The second kappa shape index (κ2) is 6.49. The number of fused-ring (bicyclic) bond motifs is 2. The molecule has 146 valence electrons. The minimum atomic E-state index is -1.27. The summed E-state index contributed by atoms with van der Waals surface area (Å²) >= 11 is 7.37. The number of thioether (sulfide) groups is 1. The molecule has 0 radical (unpaired) electrons. The molecule has 2 amide bonds. The second-order valence-corrected chi connectivity index (χ2v) is 9.95. The van der Waals surface area contributed by atoms with Gasteiger partial charge in [0.15, 0.2) is 4.87 Å². The lowest BCUT2D eigenvalue weighted by atomic mass is 10.0. The maximum Gasteiger partial charge on any atom is 0.268 e. The SMILES string of the molecule is CCN1C(=O)C2(SC(C)(C)CN2C(=O)c2ccc(Cl)cc2)c2cc(F)ccc21. The van der Waals surface area contributed by atoms with E-state index in [-0.39, 0.29) is 16.6 Å². The lowest BCUT2D eigenvalue weighted by Crippen LogP contribution is -2.50. The Morgan fingerprint density at radius 3 is 2.54 bits per heavy atom. The number of anilines is 1. The van der Waals surface area contributed by atoms with Gasteiger partial charge in [-0.05, 0) is 63.2 Å². The zero-order valence-electron chi connectivity index (χ0n) is 15.8. The molecule has 0 aliphatic carbocycles. The first kappa shape index (κ1) is 19.3. The van der Waals surface area contributed by atoms with Gasteiger partial charge in [-0.3, -0.25) is 9.59 Å². The molecule has 1 spiro atoms. The number of nitrogens with zero attached hydrogens (tertiary/aromatic N) is 2. The summed E-state index contributed by atoms with van der Waals surface area (Å²) in [6, 6.07) is 11.0. The minimum Gasteiger partial charge on any atom is -0.310 e. The van der Waals surface area contributed by atoms with E-state index in [4.69, 9.17) is 11.6 Å². The van der Waals surface area contributed by atoms with Gasteiger partial charge in [0, 0.05) is 34.0 Å². The molecule has 28 heavy (non-hydrogen) atoms. The van der Waals surface area contributed by atoms with Crippen LogP contribution < -0.4 is 4.90 Å². The monoisotopic (exact) mass is 418 g/mol. The van der Waals surface area contributed by atoms with Gasteiger partial charge in [0.1, 0.15) is 5.82 Å². The first-order chi connectivity index (χ1) is 13.2. The molecule has 2 aromatic carbocycles. The molecule has 2 aromatic rings. The van der Waals surface area contributed by atoms with Crippen molar-refractivity contribution in [2.24, 2.45) is 0 Å². The molecule has 1 saturated heterocycles. The number of rotatable bonds is 2. The molecule has 4 nitrogen and oxygen atoms in total. The van der Waals surface area contributed by atoms with Crippen molar-refractivity contribution >= 4 is 40.9 Å². The van der Waals surface area contributed by atoms with Crippen LogP contribution in [-0.2, 0) is 9.67 Å². The summed E-state index contributed by atoms with van der Waals surface area (Å²) in [5, 5.41) is 0.531. The second-order valence-electron chi connectivity index (χ2n) is 7.61. The van der Waals surface area contributed by atoms with Crippen LogP contribution in [0.4, 0.5) is 10.1 Å². The van der Waals surface area contributed by atoms with Gasteiger partial charge in [-0.15, -0.1) is 11.8 Å². The molecular formula is C21H20ClFN2O2S.